The van der Waals surface area contributed by atoms with Crippen molar-refractivity contribution in [3.8, 4) is 0 Å². The maximum Gasteiger partial charge on any atom is 0.290 e. The smallest absolute Gasteiger partial charge is 0.290 e. The van der Waals surface area contributed by atoms with Gasteiger partial charge in [0.1, 0.15) is 5.52 Å². The van der Waals surface area contributed by atoms with Gasteiger partial charge in [0.05, 0.1) is 23.9 Å². The van der Waals surface area contributed by atoms with Crippen molar-refractivity contribution in [3.63, 3.8) is 0 Å². The molecule has 0 bridgehead atoms. The maximum atomic E-state index is 12.5. The number of aromatic nitrogens is 3. The van der Waals surface area contributed by atoms with Crippen LogP contribution in [-0.2, 0) is 6.54 Å². The van der Waals surface area contributed by atoms with Crippen LogP contribution in [-0.4, -0.2) is 37.9 Å². The largest absolute Gasteiger partial charge is 0.391 e. The summed E-state index contributed by atoms with van der Waals surface area (Å²) in [7, 11) is 0. The Labute approximate surface area is 138 Å². The van der Waals surface area contributed by atoms with Crippen LogP contribution in [0.4, 0.5) is 0 Å². The predicted octanol–water partition coefficient (Wildman–Crippen LogP) is 1.59. The van der Waals surface area contributed by atoms with E-state index in [0.717, 1.165) is 13.0 Å². The first-order valence-electron chi connectivity index (χ1n) is 8.00. The van der Waals surface area contributed by atoms with Gasteiger partial charge in [0.15, 0.2) is 0 Å². The van der Waals surface area contributed by atoms with Gasteiger partial charge >= 0.3 is 0 Å². The third-order valence-corrected chi connectivity index (χ3v) is 4.56. The lowest BCUT2D eigenvalue weighted by Crippen LogP contribution is -2.39. The van der Waals surface area contributed by atoms with E-state index < -0.39 is 6.10 Å². The van der Waals surface area contributed by atoms with E-state index in [0.29, 0.717) is 23.2 Å². The fraction of sp³-hybridized carbons (Fsp3) is 0.353. The number of aliphatic hydroxyl groups excluding tert-OH is 1. The molecule has 0 spiro atoms. The number of benzene rings is 1. The molecule has 0 saturated heterocycles. The summed E-state index contributed by atoms with van der Waals surface area (Å²) in [5, 5.41) is 17.7. The summed E-state index contributed by atoms with van der Waals surface area (Å²) in [6.07, 6.45) is 6.21. The van der Waals surface area contributed by atoms with Gasteiger partial charge in [-0.15, -0.1) is 0 Å². The standard InChI is InChI=1S/C17H18N4O3/c22-15-8-11(9-21-6-5-18-10-21)7-14(15)19-17(23)16-12-3-1-2-4-13(12)20-24-16/h1-6,10-11,14-15,22H,7-9H2,(H,19,23)/t11?,14-,15-/m1/s1. The molecule has 1 unspecified atom stereocenters. The van der Waals surface area contributed by atoms with Crippen LogP contribution < -0.4 is 5.32 Å². The van der Waals surface area contributed by atoms with Crippen LogP contribution in [0, 0.1) is 5.92 Å². The summed E-state index contributed by atoms with van der Waals surface area (Å²) in [4.78, 5) is 16.5. The van der Waals surface area contributed by atoms with Crippen LogP contribution in [0.5, 0.6) is 0 Å². The van der Waals surface area contributed by atoms with Crippen LogP contribution in [0.3, 0.4) is 0 Å². The van der Waals surface area contributed by atoms with Gasteiger partial charge in [-0.25, -0.2) is 4.98 Å². The lowest BCUT2D eigenvalue weighted by atomic mass is 10.1. The van der Waals surface area contributed by atoms with E-state index in [2.05, 4.69) is 15.5 Å². The molecule has 1 saturated carbocycles. The van der Waals surface area contributed by atoms with Gasteiger partial charge in [-0.2, -0.15) is 0 Å². The molecule has 2 N–H and O–H groups in total. The highest BCUT2D eigenvalue weighted by atomic mass is 16.5. The molecule has 7 nitrogen and oxygen atoms in total. The summed E-state index contributed by atoms with van der Waals surface area (Å²) in [6, 6.07) is 6.99. The van der Waals surface area contributed by atoms with Crippen molar-refractivity contribution in [2.75, 3.05) is 0 Å². The number of imidazole rings is 1. The van der Waals surface area contributed by atoms with Crippen molar-refractivity contribution in [2.24, 2.45) is 5.92 Å². The van der Waals surface area contributed by atoms with Crippen molar-refractivity contribution in [3.05, 3.63) is 48.7 Å². The molecule has 1 aliphatic rings. The van der Waals surface area contributed by atoms with Gasteiger partial charge in [-0.05, 0) is 30.9 Å². The van der Waals surface area contributed by atoms with E-state index in [4.69, 9.17) is 4.52 Å². The number of nitrogens with zero attached hydrogens (tertiary/aromatic N) is 3. The molecular formula is C17H18N4O3. The Bertz CT molecular complexity index is 843. The average Bonchev–Trinajstić information content (AvgIpc) is 3.29. The highest BCUT2D eigenvalue weighted by Crippen LogP contribution is 2.28. The van der Waals surface area contributed by atoms with Gasteiger partial charge in [0.25, 0.3) is 5.91 Å². The quantitative estimate of drug-likeness (QED) is 0.759. The van der Waals surface area contributed by atoms with Crippen molar-refractivity contribution in [1.82, 2.24) is 20.0 Å². The van der Waals surface area contributed by atoms with Crippen LogP contribution in [0.25, 0.3) is 10.9 Å². The molecule has 2 heterocycles. The Morgan fingerprint density at radius 3 is 3.08 bits per heavy atom. The van der Waals surface area contributed by atoms with Gasteiger partial charge in [0, 0.05) is 18.9 Å². The first kappa shape index (κ1) is 14.9. The minimum atomic E-state index is -0.559. The van der Waals surface area contributed by atoms with Crippen molar-refractivity contribution >= 4 is 16.8 Å². The van der Waals surface area contributed by atoms with E-state index in [9.17, 15) is 9.90 Å². The molecule has 2 aromatic heterocycles. The van der Waals surface area contributed by atoms with E-state index in [-0.39, 0.29) is 17.7 Å². The average molecular weight is 326 g/mol. The summed E-state index contributed by atoms with van der Waals surface area (Å²) in [5.74, 6) is 0.151. The lowest BCUT2D eigenvalue weighted by molar-refractivity contribution is 0.0840. The molecular weight excluding hydrogens is 308 g/mol. The second-order valence-electron chi connectivity index (χ2n) is 6.27. The number of aliphatic hydroxyl groups is 1. The Balaban J connectivity index is 1.44. The fourth-order valence-electron chi connectivity index (χ4n) is 3.40. The minimum Gasteiger partial charge on any atom is -0.391 e. The van der Waals surface area contributed by atoms with Crippen molar-refractivity contribution in [1.29, 1.82) is 0 Å². The molecule has 1 amide bonds. The zero-order chi connectivity index (χ0) is 16.5. The fourth-order valence-corrected chi connectivity index (χ4v) is 3.40. The third-order valence-electron chi connectivity index (χ3n) is 4.56. The summed E-state index contributed by atoms with van der Waals surface area (Å²) < 4.78 is 7.17. The Kier molecular flexibility index (Phi) is 3.78. The Hall–Kier alpha value is -2.67. The Morgan fingerprint density at radius 2 is 2.25 bits per heavy atom. The SMILES string of the molecule is O=C(N[C@@H]1CC(Cn2ccnc2)C[C@H]1O)c1onc2ccccc12. The molecule has 7 heteroatoms. The molecule has 4 rings (SSSR count). The van der Waals surface area contributed by atoms with Crippen LogP contribution >= 0.6 is 0 Å². The molecule has 0 aliphatic heterocycles. The summed E-state index contributed by atoms with van der Waals surface area (Å²) >= 11 is 0. The number of carbonyl (C=O) groups excluding carboxylic acids is 1. The molecule has 0 radical (unpaired) electrons. The second kappa shape index (κ2) is 6.09. The number of hydrogen-bond donors (Lipinski definition) is 2. The van der Waals surface area contributed by atoms with E-state index in [1.54, 1.807) is 24.7 Å². The van der Waals surface area contributed by atoms with Crippen LogP contribution in [0.1, 0.15) is 23.4 Å². The number of nitrogens with one attached hydrogen (secondary N) is 1. The molecule has 3 aromatic rings. The molecule has 3 atom stereocenters. The van der Waals surface area contributed by atoms with Crippen LogP contribution in [0.15, 0.2) is 47.5 Å². The van der Waals surface area contributed by atoms with Crippen molar-refractivity contribution < 1.29 is 14.4 Å². The predicted molar refractivity (Wildman–Crippen MR) is 86.2 cm³/mol. The van der Waals surface area contributed by atoms with E-state index in [1.807, 2.05) is 22.9 Å². The number of carbonyl (C=O) groups is 1. The molecule has 1 aliphatic carbocycles. The number of amides is 1. The number of fused-ring (bicyclic) bond motifs is 1. The van der Waals surface area contributed by atoms with E-state index >= 15 is 0 Å². The highest BCUT2D eigenvalue weighted by Gasteiger charge is 2.35. The zero-order valence-electron chi connectivity index (χ0n) is 13.0. The van der Waals surface area contributed by atoms with Crippen molar-refractivity contribution in [2.45, 2.75) is 31.5 Å². The normalized spacial score (nSPS) is 23.6. The third kappa shape index (κ3) is 2.78. The van der Waals surface area contributed by atoms with Gasteiger partial charge in [0.2, 0.25) is 5.76 Å². The molecule has 1 aromatic carbocycles. The Morgan fingerprint density at radius 1 is 1.38 bits per heavy atom. The van der Waals surface area contributed by atoms with Gasteiger partial charge < -0.3 is 19.5 Å². The maximum absolute atomic E-state index is 12.5. The first-order valence-corrected chi connectivity index (χ1v) is 8.00. The molecule has 24 heavy (non-hydrogen) atoms. The minimum absolute atomic E-state index is 0.191. The van der Waals surface area contributed by atoms with E-state index in [1.165, 1.54) is 0 Å². The number of rotatable bonds is 4. The molecule has 124 valence electrons. The molecule has 1 fully saturated rings. The zero-order valence-corrected chi connectivity index (χ0v) is 13.0. The second-order valence-corrected chi connectivity index (χ2v) is 6.27. The van der Waals surface area contributed by atoms with Crippen LogP contribution in [0.2, 0.25) is 0 Å². The highest BCUT2D eigenvalue weighted by molar-refractivity contribution is 6.03. The first-order chi connectivity index (χ1) is 11.7. The summed E-state index contributed by atoms with van der Waals surface area (Å²) in [5.41, 5.74) is 0.646. The monoisotopic (exact) mass is 326 g/mol. The van der Waals surface area contributed by atoms with Gasteiger partial charge in [-0.1, -0.05) is 17.3 Å². The van der Waals surface area contributed by atoms with Gasteiger partial charge in [-0.3, -0.25) is 4.79 Å². The summed E-state index contributed by atoms with van der Waals surface area (Å²) in [6.45, 7) is 0.786. The number of hydrogen-bond acceptors (Lipinski definition) is 5. The topological polar surface area (TPSA) is 93.2 Å². The lowest BCUT2D eigenvalue weighted by Gasteiger charge is -2.15.